The van der Waals surface area contributed by atoms with Crippen LogP contribution in [0.4, 0.5) is 5.69 Å². The summed E-state index contributed by atoms with van der Waals surface area (Å²) in [5.41, 5.74) is 7.75. The van der Waals surface area contributed by atoms with E-state index >= 15 is 0 Å². The van der Waals surface area contributed by atoms with Gasteiger partial charge < -0.3 is 5.32 Å². The lowest BCUT2D eigenvalue weighted by molar-refractivity contribution is -0.118. The van der Waals surface area contributed by atoms with Crippen LogP contribution in [0.5, 0.6) is 0 Å². The molecule has 0 bridgehead atoms. The molecule has 0 unspecified atom stereocenters. The number of hydrogen-bond acceptors (Lipinski definition) is 4. The van der Waals surface area contributed by atoms with Gasteiger partial charge in [-0.05, 0) is 49.2 Å². The number of carbonyl (C=O) groups excluding carboxylic acids is 2. The van der Waals surface area contributed by atoms with Crippen molar-refractivity contribution in [2.75, 3.05) is 11.1 Å². The van der Waals surface area contributed by atoms with E-state index in [-0.39, 0.29) is 11.8 Å². The first-order valence-corrected chi connectivity index (χ1v) is 11.1. The Labute approximate surface area is 187 Å². The highest BCUT2D eigenvalue weighted by atomic mass is 32.2. The molecule has 158 valence electrons. The van der Waals surface area contributed by atoms with Gasteiger partial charge in [0, 0.05) is 17.0 Å². The molecular formula is C25H25N3O2S. The van der Waals surface area contributed by atoms with E-state index in [0.717, 1.165) is 11.3 Å². The average Bonchev–Trinajstić information content (AvgIpc) is 2.79. The third-order valence-electron chi connectivity index (χ3n) is 4.54. The molecule has 3 aromatic rings. The first-order valence-electron chi connectivity index (χ1n) is 9.94. The van der Waals surface area contributed by atoms with E-state index in [4.69, 9.17) is 0 Å². The smallest absolute Gasteiger partial charge is 0.255 e. The molecule has 5 nitrogen and oxygen atoms in total. The van der Waals surface area contributed by atoms with E-state index in [0.29, 0.717) is 22.7 Å². The Morgan fingerprint density at radius 1 is 0.903 bits per heavy atom. The average molecular weight is 432 g/mol. The van der Waals surface area contributed by atoms with Crippen molar-refractivity contribution in [3.05, 3.63) is 101 Å². The van der Waals surface area contributed by atoms with E-state index in [1.54, 1.807) is 23.9 Å². The number of carbonyl (C=O) groups is 2. The predicted molar refractivity (Wildman–Crippen MR) is 129 cm³/mol. The van der Waals surface area contributed by atoms with Gasteiger partial charge in [-0.2, -0.15) is 5.10 Å². The van der Waals surface area contributed by atoms with Crippen molar-refractivity contribution in [2.45, 2.75) is 19.6 Å². The number of aryl methyl sites for hydroxylation is 1. The fourth-order valence-electron chi connectivity index (χ4n) is 2.80. The second-order valence-corrected chi connectivity index (χ2v) is 8.10. The van der Waals surface area contributed by atoms with Crippen molar-refractivity contribution < 1.29 is 9.59 Å². The molecule has 0 aliphatic carbocycles. The van der Waals surface area contributed by atoms with Gasteiger partial charge in [0.15, 0.2) is 0 Å². The Morgan fingerprint density at radius 3 is 2.35 bits per heavy atom. The first-order chi connectivity index (χ1) is 15.0. The molecule has 0 fully saturated rings. The topological polar surface area (TPSA) is 70.6 Å². The highest BCUT2D eigenvalue weighted by molar-refractivity contribution is 7.99. The fourth-order valence-corrected chi connectivity index (χ4v) is 3.58. The van der Waals surface area contributed by atoms with Crippen LogP contribution in [-0.4, -0.2) is 23.3 Å². The molecule has 0 radical (unpaired) electrons. The summed E-state index contributed by atoms with van der Waals surface area (Å²) in [6.07, 6.45) is 0. The lowest BCUT2D eigenvalue weighted by Crippen LogP contribution is -2.21. The summed E-state index contributed by atoms with van der Waals surface area (Å²) in [5.74, 6) is 0.786. The molecule has 0 aliphatic heterocycles. The molecule has 6 heteroatoms. The zero-order valence-electron chi connectivity index (χ0n) is 17.6. The predicted octanol–water partition coefficient (Wildman–Crippen LogP) is 5.02. The van der Waals surface area contributed by atoms with E-state index in [1.807, 2.05) is 49.4 Å². The van der Waals surface area contributed by atoms with Gasteiger partial charge in [0.25, 0.3) is 5.91 Å². The molecule has 0 aromatic heterocycles. The molecule has 31 heavy (non-hydrogen) atoms. The van der Waals surface area contributed by atoms with Crippen LogP contribution in [0.3, 0.4) is 0 Å². The summed E-state index contributed by atoms with van der Waals surface area (Å²) in [5, 5.41) is 7.08. The minimum absolute atomic E-state index is 0.148. The highest BCUT2D eigenvalue weighted by Crippen LogP contribution is 2.14. The van der Waals surface area contributed by atoms with Crippen molar-refractivity contribution in [1.29, 1.82) is 0 Å². The standard InChI is InChI=1S/C25H25N3O2S/c1-18-11-13-20(14-12-18)16-31-17-24(29)28-27-19(2)22-9-6-10-23(15-22)26-25(30)21-7-4-3-5-8-21/h3-15H,16-17H2,1-2H3,(H,26,30)(H,28,29)/b27-19-. The minimum Gasteiger partial charge on any atom is -0.322 e. The van der Waals surface area contributed by atoms with Gasteiger partial charge in [-0.1, -0.05) is 60.2 Å². The van der Waals surface area contributed by atoms with Crippen molar-refractivity contribution >= 4 is 35.0 Å². The second kappa shape index (κ2) is 11.1. The number of anilines is 1. The van der Waals surface area contributed by atoms with Crippen LogP contribution >= 0.6 is 11.8 Å². The first kappa shape index (κ1) is 22.3. The van der Waals surface area contributed by atoms with Gasteiger partial charge in [-0.15, -0.1) is 11.8 Å². The lowest BCUT2D eigenvalue weighted by atomic mass is 10.1. The number of hydrogen-bond donors (Lipinski definition) is 2. The number of amides is 2. The van der Waals surface area contributed by atoms with E-state index in [2.05, 4.69) is 47.0 Å². The van der Waals surface area contributed by atoms with Gasteiger partial charge in [-0.25, -0.2) is 5.43 Å². The summed E-state index contributed by atoms with van der Waals surface area (Å²) < 4.78 is 0. The maximum Gasteiger partial charge on any atom is 0.255 e. The molecular weight excluding hydrogens is 406 g/mol. The summed E-state index contributed by atoms with van der Waals surface area (Å²) in [4.78, 5) is 24.4. The zero-order chi connectivity index (χ0) is 22.1. The van der Waals surface area contributed by atoms with Crippen LogP contribution in [0.1, 0.15) is 34.0 Å². The number of nitrogens with one attached hydrogen (secondary N) is 2. The Balaban J connectivity index is 1.51. The van der Waals surface area contributed by atoms with E-state index in [9.17, 15) is 9.59 Å². The molecule has 3 rings (SSSR count). The summed E-state index contributed by atoms with van der Waals surface area (Å²) in [7, 11) is 0. The molecule has 3 aromatic carbocycles. The number of hydrazone groups is 1. The largest absolute Gasteiger partial charge is 0.322 e. The third kappa shape index (κ3) is 7.12. The van der Waals surface area contributed by atoms with Crippen LogP contribution in [0.2, 0.25) is 0 Å². The molecule has 0 spiro atoms. The number of rotatable bonds is 8. The highest BCUT2D eigenvalue weighted by Gasteiger charge is 2.07. The molecule has 0 heterocycles. The zero-order valence-corrected chi connectivity index (χ0v) is 18.4. The van der Waals surface area contributed by atoms with Gasteiger partial charge >= 0.3 is 0 Å². The summed E-state index contributed by atoms with van der Waals surface area (Å²) in [6, 6.07) is 24.7. The number of thioether (sulfide) groups is 1. The quantitative estimate of drug-likeness (QED) is 0.389. The van der Waals surface area contributed by atoms with Crippen LogP contribution in [0, 0.1) is 6.92 Å². The molecule has 0 atom stereocenters. The van der Waals surface area contributed by atoms with Gasteiger partial charge in [-0.3, -0.25) is 9.59 Å². The van der Waals surface area contributed by atoms with Gasteiger partial charge in [0.1, 0.15) is 0 Å². The molecule has 2 N–H and O–H groups in total. The van der Waals surface area contributed by atoms with E-state index < -0.39 is 0 Å². The Hall–Kier alpha value is -3.38. The van der Waals surface area contributed by atoms with Crippen LogP contribution in [0.25, 0.3) is 0 Å². The van der Waals surface area contributed by atoms with Crippen molar-refractivity contribution in [1.82, 2.24) is 5.43 Å². The maximum absolute atomic E-state index is 12.3. The van der Waals surface area contributed by atoms with Gasteiger partial charge in [0.05, 0.1) is 11.5 Å². The molecule has 0 saturated carbocycles. The lowest BCUT2D eigenvalue weighted by Gasteiger charge is -2.08. The van der Waals surface area contributed by atoms with Crippen molar-refractivity contribution in [2.24, 2.45) is 5.10 Å². The molecule has 0 saturated heterocycles. The SMILES string of the molecule is C/C(=N/NC(=O)CSCc1ccc(C)cc1)c1cccc(NC(=O)c2ccccc2)c1. The maximum atomic E-state index is 12.3. The third-order valence-corrected chi connectivity index (χ3v) is 5.55. The Morgan fingerprint density at radius 2 is 1.61 bits per heavy atom. The monoisotopic (exact) mass is 431 g/mol. The second-order valence-electron chi connectivity index (χ2n) is 7.11. The normalized spacial score (nSPS) is 11.1. The number of nitrogens with zero attached hydrogens (tertiary/aromatic N) is 1. The van der Waals surface area contributed by atoms with Crippen LogP contribution in [-0.2, 0) is 10.5 Å². The summed E-state index contributed by atoms with van der Waals surface area (Å²) in [6.45, 7) is 3.87. The fraction of sp³-hybridized carbons (Fsp3) is 0.160. The summed E-state index contributed by atoms with van der Waals surface area (Å²) >= 11 is 1.55. The molecule has 0 aliphatic rings. The Bertz CT molecular complexity index is 1060. The van der Waals surface area contributed by atoms with Crippen LogP contribution in [0.15, 0.2) is 84.0 Å². The van der Waals surface area contributed by atoms with Crippen molar-refractivity contribution in [3.63, 3.8) is 0 Å². The Kier molecular flexibility index (Phi) is 8.01. The van der Waals surface area contributed by atoms with Crippen LogP contribution < -0.4 is 10.7 Å². The van der Waals surface area contributed by atoms with Gasteiger partial charge in [0.2, 0.25) is 5.91 Å². The minimum atomic E-state index is -0.175. The van der Waals surface area contributed by atoms with E-state index in [1.165, 1.54) is 11.1 Å². The molecule has 2 amide bonds. The number of benzene rings is 3. The van der Waals surface area contributed by atoms with Crippen molar-refractivity contribution in [3.8, 4) is 0 Å².